The summed E-state index contributed by atoms with van der Waals surface area (Å²) < 4.78 is 7.00. The van der Waals surface area contributed by atoms with Crippen molar-refractivity contribution in [2.45, 2.75) is 26.9 Å². The monoisotopic (exact) mass is 232 g/mol. The topological polar surface area (TPSA) is 47.2 Å². The van der Waals surface area contributed by atoms with Crippen molar-refractivity contribution in [3.8, 4) is 0 Å². The van der Waals surface area contributed by atoms with E-state index in [0.717, 1.165) is 17.0 Å². The molecule has 0 radical (unpaired) electrons. The molecule has 0 aliphatic heterocycles. The number of pyridine rings is 1. The molecular formula is C13H16N2O2. The minimum atomic E-state index is 0.0206. The molecule has 0 amide bonds. The molecule has 0 saturated carbocycles. The maximum atomic E-state index is 11.4. The second kappa shape index (κ2) is 4.91. The smallest absolute Gasteiger partial charge is 0.250 e. The predicted molar refractivity (Wildman–Crippen MR) is 67.1 cm³/mol. The van der Waals surface area contributed by atoms with Crippen LogP contribution in [0.5, 0.6) is 0 Å². The maximum absolute atomic E-state index is 11.4. The van der Waals surface area contributed by atoms with Crippen molar-refractivity contribution in [1.29, 1.82) is 0 Å². The summed E-state index contributed by atoms with van der Waals surface area (Å²) in [6, 6.07) is 5.29. The molecule has 0 saturated heterocycles. The molecule has 0 unspecified atom stereocenters. The molecule has 4 nitrogen and oxygen atoms in total. The number of aryl methyl sites for hydroxylation is 2. The molecule has 2 aromatic rings. The van der Waals surface area contributed by atoms with Gasteiger partial charge in [-0.15, -0.1) is 0 Å². The van der Waals surface area contributed by atoms with Gasteiger partial charge >= 0.3 is 0 Å². The summed E-state index contributed by atoms with van der Waals surface area (Å²) >= 11 is 0. The number of hydrogen-bond acceptors (Lipinski definition) is 3. The fraction of sp³-hybridized carbons (Fsp3) is 0.308. The standard InChI is InChI=1S/C13H16N2O2/c1-3-15-9-11(4-5-13(15)16)14-8-12-10(2)6-7-17-12/h4-7,9,14H,3,8H2,1-2H3. The lowest BCUT2D eigenvalue weighted by Crippen LogP contribution is -2.17. The van der Waals surface area contributed by atoms with Crippen LogP contribution in [-0.2, 0) is 13.1 Å². The molecule has 2 heterocycles. The molecule has 2 rings (SSSR count). The number of furan rings is 1. The Labute approximate surface area is 99.9 Å². The van der Waals surface area contributed by atoms with Crippen LogP contribution in [0.4, 0.5) is 5.69 Å². The molecule has 1 N–H and O–H groups in total. The van der Waals surface area contributed by atoms with Gasteiger partial charge in [-0.05, 0) is 31.5 Å². The average molecular weight is 232 g/mol. The Morgan fingerprint density at radius 3 is 2.82 bits per heavy atom. The van der Waals surface area contributed by atoms with E-state index in [-0.39, 0.29) is 5.56 Å². The van der Waals surface area contributed by atoms with Gasteiger partial charge < -0.3 is 14.3 Å². The van der Waals surface area contributed by atoms with Gasteiger partial charge in [-0.3, -0.25) is 4.79 Å². The maximum Gasteiger partial charge on any atom is 0.250 e. The first-order valence-corrected chi connectivity index (χ1v) is 5.68. The second-order valence-corrected chi connectivity index (χ2v) is 3.92. The van der Waals surface area contributed by atoms with Gasteiger partial charge in [0.05, 0.1) is 18.5 Å². The van der Waals surface area contributed by atoms with E-state index in [4.69, 9.17) is 4.42 Å². The van der Waals surface area contributed by atoms with E-state index in [9.17, 15) is 4.79 Å². The molecule has 0 fully saturated rings. The van der Waals surface area contributed by atoms with E-state index in [1.165, 1.54) is 0 Å². The first-order valence-electron chi connectivity index (χ1n) is 5.68. The van der Waals surface area contributed by atoms with Crippen LogP contribution in [0.1, 0.15) is 18.2 Å². The summed E-state index contributed by atoms with van der Waals surface area (Å²) in [7, 11) is 0. The van der Waals surface area contributed by atoms with Crippen molar-refractivity contribution >= 4 is 5.69 Å². The fourth-order valence-corrected chi connectivity index (χ4v) is 1.65. The van der Waals surface area contributed by atoms with Gasteiger partial charge in [0.1, 0.15) is 5.76 Å². The zero-order chi connectivity index (χ0) is 12.3. The zero-order valence-corrected chi connectivity index (χ0v) is 10.1. The van der Waals surface area contributed by atoms with E-state index < -0.39 is 0 Å². The third kappa shape index (κ3) is 2.58. The van der Waals surface area contributed by atoms with Gasteiger partial charge in [0.2, 0.25) is 0 Å². The molecule has 90 valence electrons. The average Bonchev–Trinajstić information content (AvgIpc) is 2.74. The van der Waals surface area contributed by atoms with Crippen molar-refractivity contribution in [2.24, 2.45) is 0 Å². The van der Waals surface area contributed by atoms with Crippen LogP contribution in [-0.4, -0.2) is 4.57 Å². The highest BCUT2D eigenvalue weighted by Crippen LogP contribution is 2.11. The van der Waals surface area contributed by atoms with Crippen LogP contribution in [0, 0.1) is 6.92 Å². The Morgan fingerprint density at radius 2 is 2.18 bits per heavy atom. The van der Waals surface area contributed by atoms with Crippen molar-refractivity contribution < 1.29 is 4.42 Å². The minimum absolute atomic E-state index is 0.0206. The van der Waals surface area contributed by atoms with E-state index in [2.05, 4.69) is 5.32 Å². The van der Waals surface area contributed by atoms with Gasteiger partial charge in [0, 0.05) is 18.8 Å². The third-order valence-electron chi connectivity index (χ3n) is 2.75. The molecule has 0 bridgehead atoms. The van der Waals surface area contributed by atoms with Crippen LogP contribution >= 0.6 is 0 Å². The summed E-state index contributed by atoms with van der Waals surface area (Å²) in [5.41, 5.74) is 2.07. The molecule has 4 heteroatoms. The van der Waals surface area contributed by atoms with Crippen molar-refractivity contribution in [3.63, 3.8) is 0 Å². The normalized spacial score (nSPS) is 10.5. The van der Waals surface area contributed by atoms with Gasteiger partial charge in [0.25, 0.3) is 5.56 Å². The molecular weight excluding hydrogens is 216 g/mol. The first kappa shape index (κ1) is 11.5. The molecule has 0 atom stereocenters. The van der Waals surface area contributed by atoms with E-state index in [1.54, 1.807) is 23.0 Å². The number of nitrogens with one attached hydrogen (secondary N) is 1. The van der Waals surface area contributed by atoms with Crippen LogP contribution in [0.15, 0.2) is 39.9 Å². The summed E-state index contributed by atoms with van der Waals surface area (Å²) in [6.45, 7) is 5.25. The number of anilines is 1. The van der Waals surface area contributed by atoms with Crippen molar-refractivity contribution in [1.82, 2.24) is 4.57 Å². The zero-order valence-electron chi connectivity index (χ0n) is 10.1. The Kier molecular flexibility index (Phi) is 3.32. The molecule has 2 aromatic heterocycles. The second-order valence-electron chi connectivity index (χ2n) is 3.92. The molecule has 17 heavy (non-hydrogen) atoms. The quantitative estimate of drug-likeness (QED) is 0.880. The summed E-state index contributed by atoms with van der Waals surface area (Å²) in [4.78, 5) is 11.4. The van der Waals surface area contributed by atoms with E-state index in [1.807, 2.05) is 26.1 Å². The highest BCUT2D eigenvalue weighted by Gasteiger charge is 2.02. The van der Waals surface area contributed by atoms with Crippen LogP contribution in [0.2, 0.25) is 0 Å². The van der Waals surface area contributed by atoms with Crippen LogP contribution < -0.4 is 10.9 Å². The molecule has 0 aliphatic carbocycles. The fourth-order valence-electron chi connectivity index (χ4n) is 1.65. The van der Waals surface area contributed by atoms with E-state index >= 15 is 0 Å². The Hall–Kier alpha value is -1.97. The summed E-state index contributed by atoms with van der Waals surface area (Å²) in [6.07, 6.45) is 3.50. The Bertz CT molecular complexity index is 555. The lowest BCUT2D eigenvalue weighted by atomic mass is 10.3. The Morgan fingerprint density at radius 1 is 1.35 bits per heavy atom. The molecule has 0 aromatic carbocycles. The molecule has 0 aliphatic rings. The number of rotatable bonds is 4. The number of aromatic nitrogens is 1. The van der Waals surface area contributed by atoms with Crippen LogP contribution in [0.3, 0.4) is 0 Å². The van der Waals surface area contributed by atoms with Crippen molar-refractivity contribution in [3.05, 3.63) is 52.3 Å². The highest BCUT2D eigenvalue weighted by atomic mass is 16.3. The number of nitrogens with zero attached hydrogens (tertiary/aromatic N) is 1. The van der Waals surface area contributed by atoms with Crippen molar-refractivity contribution in [2.75, 3.05) is 5.32 Å². The van der Waals surface area contributed by atoms with Gasteiger partial charge in [-0.2, -0.15) is 0 Å². The third-order valence-corrected chi connectivity index (χ3v) is 2.75. The first-order chi connectivity index (χ1) is 8.20. The van der Waals surface area contributed by atoms with E-state index in [0.29, 0.717) is 13.1 Å². The highest BCUT2D eigenvalue weighted by molar-refractivity contribution is 5.40. The van der Waals surface area contributed by atoms with Gasteiger partial charge in [-0.1, -0.05) is 0 Å². The summed E-state index contributed by atoms with van der Waals surface area (Å²) in [5.74, 6) is 0.916. The lowest BCUT2D eigenvalue weighted by molar-refractivity contribution is 0.515. The largest absolute Gasteiger partial charge is 0.467 e. The predicted octanol–water partition coefficient (Wildman–Crippen LogP) is 2.38. The minimum Gasteiger partial charge on any atom is -0.467 e. The number of hydrogen-bond donors (Lipinski definition) is 1. The van der Waals surface area contributed by atoms with Gasteiger partial charge in [-0.25, -0.2) is 0 Å². The van der Waals surface area contributed by atoms with Crippen LogP contribution in [0.25, 0.3) is 0 Å². The summed E-state index contributed by atoms with van der Waals surface area (Å²) in [5, 5.41) is 3.24. The van der Waals surface area contributed by atoms with Gasteiger partial charge in [0.15, 0.2) is 0 Å². The molecule has 0 spiro atoms. The lowest BCUT2D eigenvalue weighted by Gasteiger charge is -2.08. The Balaban J connectivity index is 2.09. The SMILES string of the molecule is CCn1cc(NCc2occc2C)ccc1=O.